The van der Waals surface area contributed by atoms with E-state index in [1.54, 1.807) is 24.3 Å². The number of carbonyl (C=O) groups excluding carboxylic acids is 4. The van der Waals surface area contributed by atoms with Gasteiger partial charge in [-0.05, 0) is 55.4 Å². The number of aliphatic hydroxyl groups is 1. The van der Waals surface area contributed by atoms with Crippen molar-refractivity contribution in [3.8, 4) is 0 Å². The Bertz CT molecular complexity index is 930. The summed E-state index contributed by atoms with van der Waals surface area (Å²) in [7, 11) is 0. The molecule has 4 unspecified atom stereocenters. The Morgan fingerprint density at radius 1 is 1.03 bits per heavy atom. The van der Waals surface area contributed by atoms with Crippen LogP contribution in [0.4, 0.5) is 5.69 Å². The van der Waals surface area contributed by atoms with Crippen molar-refractivity contribution in [2.75, 3.05) is 18.8 Å². The largest absolute Gasteiger partial charge is 0.399 e. The average molecular weight is 473 g/mol. The van der Waals surface area contributed by atoms with E-state index in [4.69, 9.17) is 5.73 Å². The summed E-state index contributed by atoms with van der Waals surface area (Å²) in [4.78, 5) is 54.9. The van der Waals surface area contributed by atoms with Gasteiger partial charge in [0.25, 0.3) is 11.8 Å². The molecule has 0 spiro atoms. The van der Waals surface area contributed by atoms with Crippen LogP contribution in [-0.4, -0.2) is 75.7 Å². The predicted molar refractivity (Wildman–Crippen MR) is 128 cm³/mol. The van der Waals surface area contributed by atoms with Crippen molar-refractivity contribution in [2.45, 2.75) is 71.2 Å². The van der Waals surface area contributed by atoms with Gasteiger partial charge in [0.2, 0.25) is 5.91 Å². The van der Waals surface area contributed by atoms with E-state index in [2.05, 4.69) is 5.32 Å². The summed E-state index contributed by atoms with van der Waals surface area (Å²) in [6, 6.07) is 4.45. The average Bonchev–Trinajstić information content (AvgIpc) is 3.33. The van der Waals surface area contributed by atoms with Crippen molar-refractivity contribution < 1.29 is 24.3 Å². The molecule has 0 bridgehead atoms. The highest BCUT2D eigenvalue weighted by molar-refractivity contribution is 6.01. The number of nitrogens with one attached hydrogen (secondary N) is 1. The lowest BCUT2D eigenvalue weighted by atomic mass is 10.0. The SMILES string of the molecule is CC(C)CC(O)C(=O)N1CC(=O)C2C1CCN2C(=O)C(CC(C)C)NC(=O)c1ccc(N)cc1. The summed E-state index contributed by atoms with van der Waals surface area (Å²) in [5.74, 6) is -1.12. The van der Waals surface area contributed by atoms with Gasteiger partial charge in [0, 0.05) is 17.8 Å². The number of hydrogen-bond donors (Lipinski definition) is 3. The second-order valence-corrected chi connectivity index (χ2v) is 10.2. The highest BCUT2D eigenvalue weighted by Crippen LogP contribution is 2.31. The van der Waals surface area contributed by atoms with Crippen molar-refractivity contribution in [3.05, 3.63) is 29.8 Å². The number of hydrogen-bond acceptors (Lipinski definition) is 6. The molecule has 2 aliphatic heterocycles. The van der Waals surface area contributed by atoms with Gasteiger partial charge in [-0.25, -0.2) is 0 Å². The van der Waals surface area contributed by atoms with Crippen molar-refractivity contribution in [1.82, 2.24) is 15.1 Å². The number of Topliss-reactive ketones (excluding diaryl/α,β-unsaturated/α-hetero) is 1. The number of nitrogen functional groups attached to an aromatic ring is 1. The first-order chi connectivity index (χ1) is 16.0. The molecule has 0 aromatic heterocycles. The number of ketones is 1. The molecule has 4 N–H and O–H groups in total. The predicted octanol–water partition coefficient (Wildman–Crippen LogP) is 1.20. The summed E-state index contributed by atoms with van der Waals surface area (Å²) in [6.45, 7) is 7.95. The maximum Gasteiger partial charge on any atom is 0.252 e. The molecule has 0 saturated carbocycles. The fraction of sp³-hybridized carbons (Fsp3) is 0.600. The van der Waals surface area contributed by atoms with Crippen LogP contribution < -0.4 is 11.1 Å². The summed E-state index contributed by atoms with van der Waals surface area (Å²) >= 11 is 0. The van der Waals surface area contributed by atoms with Crippen molar-refractivity contribution in [3.63, 3.8) is 0 Å². The Hall–Kier alpha value is -2.94. The maximum atomic E-state index is 13.5. The van der Waals surface area contributed by atoms with Crippen molar-refractivity contribution >= 4 is 29.2 Å². The van der Waals surface area contributed by atoms with Gasteiger partial charge in [0.05, 0.1) is 12.6 Å². The van der Waals surface area contributed by atoms with Crippen molar-refractivity contribution in [2.24, 2.45) is 11.8 Å². The van der Waals surface area contributed by atoms with E-state index in [1.165, 1.54) is 9.80 Å². The van der Waals surface area contributed by atoms with E-state index < -0.39 is 30.1 Å². The van der Waals surface area contributed by atoms with Gasteiger partial charge in [0.1, 0.15) is 18.2 Å². The molecule has 0 radical (unpaired) electrons. The van der Waals surface area contributed by atoms with Gasteiger partial charge in [-0.3, -0.25) is 19.2 Å². The van der Waals surface area contributed by atoms with E-state index in [0.717, 1.165) is 0 Å². The molecule has 2 fully saturated rings. The molecule has 4 atom stereocenters. The molecule has 9 heteroatoms. The van der Waals surface area contributed by atoms with Crippen LogP contribution in [0.5, 0.6) is 0 Å². The number of aliphatic hydroxyl groups excluding tert-OH is 1. The van der Waals surface area contributed by atoms with Gasteiger partial charge < -0.3 is 26.0 Å². The number of nitrogens with two attached hydrogens (primary N) is 1. The van der Waals surface area contributed by atoms with Crippen LogP contribution in [-0.2, 0) is 14.4 Å². The second kappa shape index (κ2) is 10.5. The molecule has 3 rings (SSSR count). The van der Waals surface area contributed by atoms with Crippen LogP contribution in [0.15, 0.2) is 24.3 Å². The van der Waals surface area contributed by atoms with Crippen LogP contribution >= 0.6 is 0 Å². The molecule has 3 amide bonds. The monoisotopic (exact) mass is 472 g/mol. The topological polar surface area (TPSA) is 133 Å². The molecule has 34 heavy (non-hydrogen) atoms. The molecule has 1 aromatic rings. The van der Waals surface area contributed by atoms with E-state index >= 15 is 0 Å². The fourth-order valence-corrected chi connectivity index (χ4v) is 4.87. The van der Waals surface area contributed by atoms with Crippen LogP contribution in [0.2, 0.25) is 0 Å². The summed E-state index contributed by atoms with van der Waals surface area (Å²) in [6.07, 6.45) is 0.0288. The fourth-order valence-electron chi connectivity index (χ4n) is 4.87. The Kier molecular flexibility index (Phi) is 7.97. The second-order valence-electron chi connectivity index (χ2n) is 10.2. The Morgan fingerprint density at radius 2 is 1.65 bits per heavy atom. The first-order valence-electron chi connectivity index (χ1n) is 12.0. The van der Waals surface area contributed by atoms with Crippen LogP contribution in [0, 0.1) is 11.8 Å². The number of carbonyl (C=O) groups is 4. The highest BCUT2D eigenvalue weighted by Gasteiger charge is 2.52. The number of anilines is 1. The lowest BCUT2D eigenvalue weighted by molar-refractivity contribution is -0.142. The first-order valence-corrected chi connectivity index (χ1v) is 12.0. The molecular weight excluding hydrogens is 436 g/mol. The number of rotatable bonds is 8. The van der Waals surface area contributed by atoms with E-state index in [9.17, 15) is 24.3 Å². The standard InChI is InChI=1S/C25H36N4O5/c1-14(2)11-18(27-23(32)16-5-7-17(26)8-6-16)24(33)28-10-9-19-22(28)21(31)13-29(19)25(34)20(30)12-15(3)4/h5-8,14-15,18-20,22,30H,9-13,26H2,1-4H3,(H,27,32). The highest BCUT2D eigenvalue weighted by atomic mass is 16.3. The Morgan fingerprint density at radius 3 is 2.24 bits per heavy atom. The van der Waals surface area contributed by atoms with Crippen LogP contribution in [0.3, 0.4) is 0 Å². The molecule has 2 aliphatic rings. The molecule has 186 valence electrons. The molecule has 2 saturated heterocycles. The minimum atomic E-state index is -1.16. The normalized spacial score (nSPS) is 21.7. The quantitative estimate of drug-likeness (QED) is 0.487. The molecular formula is C25H36N4O5. The van der Waals surface area contributed by atoms with E-state index in [0.29, 0.717) is 37.1 Å². The zero-order chi connectivity index (χ0) is 25.2. The number of amides is 3. The zero-order valence-electron chi connectivity index (χ0n) is 20.4. The van der Waals surface area contributed by atoms with Crippen LogP contribution in [0.1, 0.15) is 57.3 Å². The summed E-state index contributed by atoms with van der Waals surface area (Å²) < 4.78 is 0. The third-order valence-corrected chi connectivity index (χ3v) is 6.45. The summed E-state index contributed by atoms with van der Waals surface area (Å²) in [5.41, 5.74) is 6.62. The van der Waals surface area contributed by atoms with Gasteiger partial charge in [-0.15, -0.1) is 0 Å². The van der Waals surface area contributed by atoms with Gasteiger partial charge >= 0.3 is 0 Å². The number of benzene rings is 1. The lowest BCUT2D eigenvalue weighted by Gasteiger charge is -2.29. The molecule has 0 aliphatic carbocycles. The number of fused-ring (bicyclic) bond motifs is 1. The Labute approximate surface area is 200 Å². The third-order valence-electron chi connectivity index (χ3n) is 6.45. The number of nitrogens with zero attached hydrogens (tertiary/aromatic N) is 2. The van der Waals surface area contributed by atoms with E-state index in [1.807, 2.05) is 27.7 Å². The maximum absolute atomic E-state index is 13.5. The smallest absolute Gasteiger partial charge is 0.252 e. The molecule has 2 heterocycles. The Balaban J connectivity index is 1.75. The zero-order valence-corrected chi connectivity index (χ0v) is 20.4. The minimum absolute atomic E-state index is 0.111. The first kappa shape index (κ1) is 25.7. The molecule has 9 nitrogen and oxygen atoms in total. The minimum Gasteiger partial charge on any atom is -0.399 e. The molecule has 1 aromatic carbocycles. The van der Waals surface area contributed by atoms with Crippen molar-refractivity contribution in [1.29, 1.82) is 0 Å². The van der Waals surface area contributed by atoms with Gasteiger partial charge in [0.15, 0.2) is 5.78 Å². The third kappa shape index (κ3) is 5.58. The van der Waals surface area contributed by atoms with Gasteiger partial charge in [-0.2, -0.15) is 0 Å². The van der Waals surface area contributed by atoms with E-state index in [-0.39, 0.29) is 36.0 Å². The lowest BCUT2D eigenvalue weighted by Crippen LogP contribution is -2.53. The summed E-state index contributed by atoms with van der Waals surface area (Å²) in [5, 5.41) is 13.1. The number of likely N-dealkylation sites (tertiary alicyclic amines) is 2. The van der Waals surface area contributed by atoms with Crippen LogP contribution in [0.25, 0.3) is 0 Å². The van der Waals surface area contributed by atoms with Gasteiger partial charge in [-0.1, -0.05) is 27.7 Å².